The molecule has 0 aromatic heterocycles. The number of hydrogen-bond acceptors (Lipinski definition) is 2. The molecule has 4 unspecified atom stereocenters. The van der Waals surface area contributed by atoms with Crippen molar-refractivity contribution in [2.75, 3.05) is 20.6 Å². The third-order valence-corrected chi connectivity index (χ3v) is 4.35. The van der Waals surface area contributed by atoms with Gasteiger partial charge < -0.3 is 10.2 Å². The monoisotopic (exact) mass is 152 g/mol. The summed E-state index contributed by atoms with van der Waals surface area (Å²) in [7, 11) is 4.41. The van der Waals surface area contributed by atoms with Crippen molar-refractivity contribution in [1.29, 1.82) is 0 Å². The van der Waals surface area contributed by atoms with Crippen molar-refractivity contribution in [3.8, 4) is 0 Å². The van der Waals surface area contributed by atoms with Crippen molar-refractivity contribution in [1.82, 2.24) is 10.2 Å². The van der Waals surface area contributed by atoms with Crippen LogP contribution in [0.2, 0.25) is 0 Å². The van der Waals surface area contributed by atoms with Crippen LogP contribution in [0, 0.1) is 11.8 Å². The van der Waals surface area contributed by atoms with Gasteiger partial charge in [-0.1, -0.05) is 0 Å². The normalized spacial score (nSPS) is 60.0. The summed E-state index contributed by atoms with van der Waals surface area (Å²) in [5.41, 5.74) is 0.597. The molecule has 1 N–H and O–H groups in total. The van der Waals surface area contributed by atoms with E-state index in [1.807, 2.05) is 0 Å². The van der Waals surface area contributed by atoms with E-state index in [1.165, 1.54) is 19.4 Å². The number of hydrogen-bond donors (Lipinski definition) is 1. The highest BCUT2D eigenvalue weighted by Crippen LogP contribution is 2.62. The molecule has 0 aromatic carbocycles. The van der Waals surface area contributed by atoms with Crippen LogP contribution in [-0.2, 0) is 0 Å². The van der Waals surface area contributed by atoms with Crippen LogP contribution in [0.4, 0.5) is 0 Å². The summed E-state index contributed by atoms with van der Waals surface area (Å²) in [6.07, 6.45) is 2.84. The van der Waals surface area contributed by atoms with Gasteiger partial charge in [0.1, 0.15) is 0 Å². The summed E-state index contributed by atoms with van der Waals surface area (Å²) < 4.78 is 0. The van der Waals surface area contributed by atoms with Crippen LogP contribution in [0.5, 0.6) is 0 Å². The molecule has 2 nitrogen and oxygen atoms in total. The topological polar surface area (TPSA) is 15.3 Å². The Morgan fingerprint density at radius 1 is 1.45 bits per heavy atom. The Morgan fingerprint density at radius 3 is 2.91 bits per heavy atom. The molecular formula is C9H16N2. The second kappa shape index (κ2) is 1.64. The zero-order valence-corrected chi connectivity index (χ0v) is 7.30. The Bertz CT molecular complexity index is 204. The highest BCUT2D eigenvalue weighted by atomic mass is 15.2. The maximum Gasteiger partial charge on any atom is 0.0242 e. The Labute approximate surface area is 68.0 Å². The van der Waals surface area contributed by atoms with E-state index in [0.717, 1.165) is 17.9 Å². The summed E-state index contributed by atoms with van der Waals surface area (Å²) in [5.74, 6) is 2.05. The van der Waals surface area contributed by atoms with Crippen molar-refractivity contribution in [2.45, 2.75) is 24.4 Å². The highest BCUT2D eigenvalue weighted by molar-refractivity contribution is 5.25. The van der Waals surface area contributed by atoms with Crippen molar-refractivity contribution < 1.29 is 0 Å². The molecule has 0 bridgehead atoms. The first-order valence-electron chi connectivity index (χ1n) is 4.66. The van der Waals surface area contributed by atoms with E-state index >= 15 is 0 Å². The fourth-order valence-corrected chi connectivity index (χ4v) is 3.75. The summed E-state index contributed by atoms with van der Waals surface area (Å²) in [5, 5.41) is 3.51. The smallest absolute Gasteiger partial charge is 0.0242 e. The van der Waals surface area contributed by atoms with Crippen LogP contribution in [0.3, 0.4) is 0 Å². The van der Waals surface area contributed by atoms with Crippen LogP contribution in [-0.4, -0.2) is 37.1 Å². The molecular weight excluding hydrogens is 136 g/mol. The third kappa shape index (κ3) is 0.510. The van der Waals surface area contributed by atoms with E-state index in [4.69, 9.17) is 0 Å². The lowest BCUT2D eigenvalue weighted by molar-refractivity contribution is -0.0735. The van der Waals surface area contributed by atoms with Crippen LogP contribution >= 0.6 is 0 Å². The first kappa shape index (κ1) is 6.44. The number of likely N-dealkylation sites (tertiary alicyclic amines) is 1. The molecule has 1 heterocycles. The maximum absolute atomic E-state index is 3.51. The van der Waals surface area contributed by atoms with Crippen molar-refractivity contribution in [3.63, 3.8) is 0 Å². The van der Waals surface area contributed by atoms with Gasteiger partial charge >= 0.3 is 0 Å². The molecule has 1 saturated heterocycles. The molecule has 62 valence electrons. The predicted molar refractivity (Wildman–Crippen MR) is 44.4 cm³/mol. The number of nitrogens with one attached hydrogen (secondary N) is 1. The zero-order chi connectivity index (χ0) is 7.64. The Hall–Kier alpha value is -0.0800. The summed E-state index contributed by atoms with van der Waals surface area (Å²) in [6, 6.07) is 0.932. The summed E-state index contributed by atoms with van der Waals surface area (Å²) >= 11 is 0. The minimum absolute atomic E-state index is 0.597. The van der Waals surface area contributed by atoms with E-state index < -0.39 is 0 Å². The molecule has 0 spiro atoms. The molecule has 3 fully saturated rings. The molecule has 1 aliphatic heterocycles. The van der Waals surface area contributed by atoms with E-state index in [-0.39, 0.29) is 0 Å². The quantitative estimate of drug-likeness (QED) is 0.581. The highest BCUT2D eigenvalue weighted by Gasteiger charge is 2.68. The average molecular weight is 152 g/mol. The lowest BCUT2D eigenvalue weighted by atomic mass is 9.47. The van der Waals surface area contributed by atoms with Crippen LogP contribution in [0.25, 0.3) is 0 Å². The van der Waals surface area contributed by atoms with Crippen molar-refractivity contribution in [3.05, 3.63) is 0 Å². The number of nitrogens with zero attached hydrogens (tertiary/aromatic N) is 1. The predicted octanol–water partition coefficient (Wildman–Crippen LogP) is 0.298. The molecule has 0 aromatic rings. The molecule has 0 radical (unpaired) electrons. The van der Waals surface area contributed by atoms with Gasteiger partial charge in [0.05, 0.1) is 0 Å². The van der Waals surface area contributed by atoms with Gasteiger partial charge in [-0.05, 0) is 38.8 Å². The Kier molecular flexibility index (Phi) is 0.961. The first-order valence-corrected chi connectivity index (χ1v) is 4.66. The molecule has 11 heavy (non-hydrogen) atoms. The van der Waals surface area contributed by atoms with Gasteiger partial charge in [0.25, 0.3) is 0 Å². The fourth-order valence-electron chi connectivity index (χ4n) is 3.75. The van der Waals surface area contributed by atoms with Gasteiger partial charge in [-0.2, -0.15) is 0 Å². The second-order valence-electron chi connectivity index (χ2n) is 4.61. The van der Waals surface area contributed by atoms with E-state index in [9.17, 15) is 0 Å². The summed E-state index contributed by atoms with van der Waals surface area (Å²) in [4.78, 5) is 2.55. The molecule has 3 aliphatic rings. The maximum atomic E-state index is 3.51. The molecule has 4 atom stereocenters. The van der Waals surface area contributed by atoms with E-state index in [0.29, 0.717) is 5.54 Å². The molecule has 2 saturated carbocycles. The molecule has 2 aliphatic carbocycles. The molecule has 0 amide bonds. The van der Waals surface area contributed by atoms with Crippen molar-refractivity contribution in [2.24, 2.45) is 11.8 Å². The van der Waals surface area contributed by atoms with Gasteiger partial charge in [0.15, 0.2) is 0 Å². The minimum Gasteiger partial charge on any atom is -0.314 e. The molecule has 2 heteroatoms. The lowest BCUT2D eigenvalue weighted by Gasteiger charge is -2.63. The van der Waals surface area contributed by atoms with Crippen LogP contribution in [0.1, 0.15) is 12.8 Å². The third-order valence-electron chi connectivity index (χ3n) is 4.35. The average Bonchev–Trinajstić information content (AvgIpc) is 2.13. The lowest BCUT2D eigenvalue weighted by Crippen LogP contribution is -2.73. The van der Waals surface area contributed by atoms with Gasteiger partial charge in [0, 0.05) is 18.1 Å². The van der Waals surface area contributed by atoms with E-state index in [1.54, 1.807) is 0 Å². The molecule has 3 rings (SSSR count). The standard InChI is InChI=1S/C9H16N2/c1-10-9-3-6-5-11(2)7(4-9)8(6)9/h6-8,10H,3-5H2,1-2H3. The Morgan fingerprint density at radius 2 is 2.27 bits per heavy atom. The second-order valence-corrected chi connectivity index (χ2v) is 4.61. The van der Waals surface area contributed by atoms with E-state index in [2.05, 4.69) is 24.3 Å². The largest absolute Gasteiger partial charge is 0.314 e. The van der Waals surface area contributed by atoms with Crippen LogP contribution in [0.15, 0.2) is 0 Å². The zero-order valence-electron chi connectivity index (χ0n) is 7.30. The van der Waals surface area contributed by atoms with Gasteiger partial charge in [-0.3, -0.25) is 0 Å². The van der Waals surface area contributed by atoms with Crippen LogP contribution < -0.4 is 5.32 Å². The SMILES string of the molecule is CNC12CC3CN(C)C(C1)C32. The van der Waals surface area contributed by atoms with Gasteiger partial charge in [-0.25, -0.2) is 0 Å². The summed E-state index contributed by atoms with van der Waals surface area (Å²) in [6.45, 7) is 1.36. The number of rotatable bonds is 1. The first-order chi connectivity index (χ1) is 5.27. The Balaban J connectivity index is 1.87. The van der Waals surface area contributed by atoms with Crippen molar-refractivity contribution >= 4 is 0 Å². The van der Waals surface area contributed by atoms with Gasteiger partial charge in [0.2, 0.25) is 0 Å². The minimum atomic E-state index is 0.597. The fraction of sp³-hybridized carbons (Fsp3) is 1.00. The van der Waals surface area contributed by atoms with Gasteiger partial charge in [-0.15, -0.1) is 0 Å².